The van der Waals surface area contributed by atoms with E-state index in [1.165, 1.54) is 25.1 Å². The summed E-state index contributed by atoms with van der Waals surface area (Å²) in [5, 5.41) is 9.50. The van der Waals surface area contributed by atoms with Crippen LogP contribution in [0.3, 0.4) is 0 Å². The molecule has 4 rings (SSSR count). The van der Waals surface area contributed by atoms with Crippen molar-refractivity contribution >= 4 is 17.6 Å². The summed E-state index contributed by atoms with van der Waals surface area (Å²) < 4.78 is 64.6. The van der Waals surface area contributed by atoms with Crippen LogP contribution in [-0.2, 0) is 17.6 Å². The number of fused-ring (bicyclic) bond motifs is 1. The Bertz CT molecular complexity index is 1130. The van der Waals surface area contributed by atoms with Gasteiger partial charge in [-0.05, 0) is 68.4 Å². The van der Waals surface area contributed by atoms with Gasteiger partial charge in [0.2, 0.25) is 0 Å². The molecule has 0 bridgehead atoms. The fourth-order valence-electron chi connectivity index (χ4n) is 5.08. The lowest BCUT2D eigenvalue weighted by Crippen LogP contribution is -2.50. The third-order valence-corrected chi connectivity index (χ3v) is 7.51. The number of benzene rings is 2. The van der Waals surface area contributed by atoms with Crippen molar-refractivity contribution in [1.82, 2.24) is 4.90 Å². The molecule has 196 valence electrons. The number of carbonyl (C=O) groups is 1. The lowest BCUT2D eigenvalue weighted by Gasteiger charge is -2.46. The Labute approximate surface area is 211 Å². The molecule has 1 saturated heterocycles. The van der Waals surface area contributed by atoms with Gasteiger partial charge in [0, 0.05) is 29.7 Å². The SMILES string of the molecule is CC(c1cc(Cl)ccc1OC(F)(F)F)N1CCC2(CCc3ccc(C[C@H](C)C(=O)O)c(F)c3O2)CC1. The van der Waals surface area contributed by atoms with Gasteiger partial charge in [-0.1, -0.05) is 30.7 Å². The number of aryl methyl sites for hydroxylation is 1. The molecule has 0 aromatic heterocycles. The first kappa shape index (κ1) is 26.5. The van der Waals surface area contributed by atoms with Crippen LogP contribution in [0.5, 0.6) is 11.5 Å². The zero-order valence-corrected chi connectivity index (χ0v) is 20.8. The summed E-state index contributed by atoms with van der Waals surface area (Å²) in [6.45, 7) is 4.41. The van der Waals surface area contributed by atoms with E-state index in [1.54, 1.807) is 19.1 Å². The standard InChI is InChI=1S/C26H28ClF4NO4/c1-15(24(33)34)13-18-4-3-17-7-8-25(36-23(17)22(18)28)9-11-32(12-10-25)16(2)20-14-19(27)5-6-21(20)35-26(29,30)31/h3-6,14-16H,7-13H2,1-2H3,(H,33,34)/t15-,16?/m0/s1. The number of hydrogen-bond donors (Lipinski definition) is 1. The number of carboxylic acid groups (broad SMARTS) is 1. The third-order valence-electron chi connectivity index (χ3n) is 7.28. The van der Waals surface area contributed by atoms with Crippen LogP contribution in [-0.4, -0.2) is 41.0 Å². The number of likely N-dealkylation sites (tertiary alicyclic amines) is 1. The molecule has 2 heterocycles. The van der Waals surface area contributed by atoms with Crippen LogP contribution < -0.4 is 9.47 Å². The fraction of sp³-hybridized carbons (Fsp3) is 0.500. The topological polar surface area (TPSA) is 59.0 Å². The molecule has 10 heteroatoms. The van der Waals surface area contributed by atoms with Crippen molar-refractivity contribution in [3.8, 4) is 11.5 Å². The highest BCUT2D eigenvalue weighted by Gasteiger charge is 2.42. The van der Waals surface area contributed by atoms with Crippen molar-refractivity contribution in [3.05, 3.63) is 57.9 Å². The summed E-state index contributed by atoms with van der Waals surface area (Å²) >= 11 is 6.07. The molecule has 0 radical (unpaired) electrons. The lowest BCUT2D eigenvalue weighted by atomic mass is 9.82. The molecule has 2 aromatic rings. The second-order valence-electron chi connectivity index (χ2n) is 9.70. The van der Waals surface area contributed by atoms with Gasteiger partial charge in [0.25, 0.3) is 0 Å². The van der Waals surface area contributed by atoms with E-state index in [-0.39, 0.29) is 17.9 Å². The second kappa shape index (κ2) is 10.1. The fourth-order valence-corrected chi connectivity index (χ4v) is 5.26. The molecule has 5 nitrogen and oxygen atoms in total. The van der Waals surface area contributed by atoms with Gasteiger partial charge in [-0.2, -0.15) is 0 Å². The van der Waals surface area contributed by atoms with Crippen molar-refractivity contribution in [3.63, 3.8) is 0 Å². The molecular weight excluding hydrogens is 502 g/mol. The van der Waals surface area contributed by atoms with Crippen molar-refractivity contribution in [2.75, 3.05) is 13.1 Å². The smallest absolute Gasteiger partial charge is 0.484 e. The van der Waals surface area contributed by atoms with E-state index in [2.05, 4.69) is 4.74 Å². The first-order valence-electron chi connectivity index (χ1n) is 11.9. The average Bonchev–Trinajstić information content (AvgIpc) is 2.81. The highest BCUT2D eigenvalue weighted by Crippen LogP contribution is 2.44. The zero-order chi connectivity index (χ0) is 26.3. The molecule has 1 unspecified atom stereocenters. The van der Waals surface area contributed by atoms with Gasteiger partial charge in [0.05, 0.1) is 5.92 Å². The van der Waals surface area contributed by atoms with Crippen LogP contribution in [0, 0.1) is 11.7 Å². The lowest BCUT2D eigenvalue weighted by molar-refractivity contribution is -0.275. The van der Waals surface area contributed by atoms with Gasteiger partial charge in [-0.15, -0.1) is 13.2 Å². The summed E-state index contributed by atoms with van der Waals surface area (Å²) in [7, 11) is 0. The van der Waals surface area contributed by atoms with Crippen molar-refractivity contribution in [2.45, 2.75) is 64.0 Å². The monoisotopic (exact) mass is 529 g/mol. The predicted octanol–water partition coefficient (Wildman–Crippen LogP) is 6.56. The van der Waals surface area contributed by atoms with Crippen LogP contribution in [0.4, 0.5) is 17.6 Å². The molecule has 1 N–H and O–H groups in total. The molecular formula is C26H28ClF4NO4. The molecule has 0 amide bonds. The number of rotatable bonds is 6. The van der Waals surface area contributed by atoms with Gasteiger partial charge in [0.15, 0.2) is 11.6 Å². The Morgan fingerprint density at radius 1 is 1.19 bits per heavy atom. The number of alkyl halides is 3. The molecule has 0 aliphatic carbocycles. The Balaban J connectivity index is 1.48. The number of nitrogens with zero attached hydrogens (tertiary/aromatic N) is 1. The minimum atomic E-state index is -4.82. The quantitative estimate of drug-likeness (QED) is 0.429. The molecule has 2 aliphatic rings. The summed E-state index contributed by atoms with van der Waals surface area (Å²) in [6, 6.07) is 7.10. The molecule has 1 fully saturated rings. The predicted molar refractivity (Wildman–Crippen MR) is 126 cm³/mol. The normalized spacial score (nSPS) is 19.3. The highest BCUT2D eigenvalue weighted by molar-refractivity contribution is 6.30. The second-order valence-corrected chi connectivity index (χ2v) is 10.1. The van der Waals surface area contributed by atoms with Gasteiger partial charge >= 0.3 is 12.3 Å². The van der Waals surface area contributed by atoms with Crippen molar-refractivity contribution < 1.29 is 36.9 Å². The van der Waals surface area contributed by atoms with Gasteiger partial charge in [-0.25, -0.2) is 4.39 Å². The van der Waals surface area contributed by atoms with Gasteiger partial charge in [0.1, 0.15) is 11.4 Å². The first-order chi connectivity index (χ1) is 16.9. The summed E-state index contributed by atoms with van der Waals surface area (Å²) in [5.74, 6) is -2.32. The molecule has 36 heavy (non-hydrogen) atoms. The summed E-state index contributed by atoms with van der Waals surface area (Å²) in [4.78, 5) is 13.3. The van der Waals surface area contributed by atoms with Crippen molar-refractivity contribution in [1.29, 1.82) is 0 Å². The minimum Gasteiger partial charge on any atom is -0.484 e. The Morgan fingerprint density at radius 3 is 2.53 bits per heavy atom. The average molecular weight is 530 g/mol. The van der Waals surface area contributed by atoms with Crippen LogP contribution >= 0.6 is 11.6 Å². The van der Waals surface area contributed by atoms with Crippen LogP contribution in [0.15, 0.2) is 30.3 Å². The molecule has 0 saturated carbocycles. The number of halogens is 5. The van der Waals surface area contributed by atoms with E-state index in [1.807, 2.05) is 4.90 Å². The van der Waals surface area contributed by atoms with E-state index in [0.29, 0.717) is 54.9 Å². The van der Waals surface area contributed by atoms with E-state index in [9.17, 15) is 23.1 Å². The van der Waals surface area contributed by atoms with E-state index >= 15 is 4.39 Å². The molecule has 2 atom stereocenters. The largest absolute Gasteiger partial charge is 0.573 e. The van der Waals surface area contributed by atoms with E-state index < -0.39 is 35.7 Å². The summed E-state index contributed by atoms with van der Waals surface area (Å²) in [6.07, 6.45) is -2.27. The van der Waals surface area contributed by atoms with E-state index in [4.69, 9.17) is 16.3 Å². The van der Waals surface area contributed by atoms with Gasteiger partial charge in [-0.3, -0.25) is 9.69 Å². The van der Waals surface area contributed by atoms with Gasteiger partial charge < -0.3 is 14.6 Å². The van der Waals surface area contributed by atoms with Crippen LogP contribution in [0.2, 0.25) is 5.02 Å². The maximum absolute atomic E-state index is 15.3. The zero-order valence-electron chi connectivity index (χ0n) is 20.0. The molecule has 1 spiro atoms. The minimum absolute atomic E-state index is 0.0675. The number of hydrogen-bond acceptors (Lipinski definition) is 4. The maximum atomic E-state index is 15.3. The summed E-state index contributed by atoms with van der Waals surface area (Å²) in [5.41, 5.74) is 0.827. The maximum Gasteiger partial charge on any atom is 0.573 e. The van der Waals surface area contributed by atoms with Crippen LogP contribution in [0.1, 0.15) is 55.8 Å². The molecule has 2 aliphatic heterocycles. The number of aliphatic carboxylic acids is 1. The molecule has 2 aromatic carbocycles. The highest BCUT2D eigenvalue weighted by atomic mass is 35.5. The third kappa shape index (κ3) is 5.72. The Morgan fingerprint density at radius 2 is 1.89 bits per heavy atom. The van der Waals surface area contributed by atoms with E-state index in [0.717, 1.165) is 5.56 Å². The number of piperidine rings is 1. The van der Waals surface area contributed by atoms with Crippen LogP contribution in [0.25, 0.3) is 0 Å². The first-order valence-corrected chi connectivity index (χ1v) is 12.3. The Kier molecular flexibility index (Phi) is 7.44. The number of carboxylic acids is 1. The number of ether oxygens (including phenoxy) is 2. The van der Waals surface area contributed by atoms with Crippen molar-refractivity contribution in [2.24, 2.45) is 5.92 Å². The Hall–Kier alpha value is -2.52.